The third kappa shape index (κ3) is 4.87. The zero-order valence-electron chi connectivity index (χ0n) is 14.3. The van der Waals surface area contributed by atoms with Crippen molar-refractivity contribution in [2.75, 3.05) is 19.8 Å². The summed E-state index contributed by atoms with van der Waals surface area (Å²) < 4.78 is 37.3. The van der Waals surface area contributed by atoms with Crippen LogP contribution in [0.1, 0.15) is 23.7 Å². The maximum atomic E-state index is 13.2. The summed E-state index contributed by atoms with van der Waals surface area (Å²) in [5.41, 5.74) is 0.803. The number of fused-ring (bicyclic) bond motifs is 1. The van der Waals surface area contributed by atoms with Crippen LogP contribution in [0.25, 0.3) is 0 Å². The second-order valence-electron chi connectivity index (χ2n) is 6.13. The maximum absolute atomic E-state index is 13.2. The number of hydrogen-bond acceptors (Lipinski definition) is 4. The second kappa shape index (κ2) is 8.54. The van der Waals surface area contributed by atoms with E-state index < -0.39 is 17.7 Å². The number of aliphatic hydroxyl groups is 1. The number of hydrogen-bond donors (Lipinski definition) is 2. The third-order valence-corrected chi connectivity index (χ3v) is 4.33. The van der Waals surface area contributed by atoms with E-state index in [-0.39, 0.29) is 24.4 Å². The average Bonchev–Trinajstić information content (AvgIpc) is 2.88. The number of rotatable bonds is 5. The van der Waals surface area contributed by atoms with Crippen LogP contribution < -0.4 is 14.8 Å². The van der Waals surface area contributed by atoms with Gasteiger partial charge in [-0.2, -0.15) is 0 Å². The summed E-state index contributed by atoms with van der Waals surface area (Å²) in [6, 6.07) is 6.41. The highest BCUT2D eigenvalue weighted by Crippen LogP contribution is 2.38. The van der Waals surface area contributed by atoms with E-state index in [1.807, 2.05) is 0 Å². The Morgan fingerprint density at radius 1 is 1.19 bits per heavy atom. The standard InChI is InChI=1S/C19H18ClF2NO4/c20-13-6-11(7-17-19(13)27-5-1-4-26-17)8-18(25)23-10-16(24)12-2-3-14(21)15(22)9-12/h2-3,6-7,9,16,24H,1,4-5,8,10H2,(H,23,25). The Hall–Kier alpha value is -2.38. The quantitative estimate of drug-likeness (QED) is 0.813. The number of benzene rings is 2. The normalized spacial score (nSPS) is 14.4. The van der Waals surface area contributed by atoms with Crippen molar-refractivity contribution in [1.29, 1.82) is 0 Å². The lowest BCUT2D eigenvalue weighted by atomic mass is 10.1. The first kappa shape index (κ1) is 19.4. The summed E-state index contributed by atoms with van der Waals surface area (Å²) in [6.45, 7) is 0.871. The molecule has 0 aromatic heterocycles. The number of halogens is 3. The van der Waals surface area contributed by atoms with E-state index in [4.69, 9.17) is 21.1 Å². The summed E-state index contributed by atoms with van der Waals surface area (Å²) in [5.74, 6) is -1.46. The fourth-order valence-electron chi connectivity index (χ4n) is 2.68. The molecular weight excluding hydrogens is 380 g/mol. The first-order valence-electron chi connectivity index (χ1n) is 8.42. The summed E-state index contributed by atoms with van der Waals surface area (Å²) in [4.78, 5) is 12.1. The Balaban J connectivity index is 1.60. The van der Waals surface area contributed by atoms with E-state index in [2.05, 4.69) is 5.32 Å². The number of carbonyl (C=O) groups is 1. The molecule has 3 rings (SSSR count). The van der Waals surface area contributed by atoms with Gasteiger partial charge < -0.3 is 19.9 Å². The van der Waals surface area contributed by atoms with Crippen LogP contribution in [0, 0.1) is 11.6 Å². The van der Waals surface area contributed by atoms with Gasteiger partial charge in [0.05, 0.1) is 30.8 Å². The Labute approximate surface area is 159 Å². The smallest absolute Gasteiger partial charge is 0.224 e. The summed E-state index contributed by atoms with van der Waals surface area (Å²) in [5, 5.41) is 12.9. The molecule has 5 nitrogen and oxygen atoms in total. The molecule has 0 aliphatic carbocycles. The van der Waals surface area contributed by atoms with Crippen LogP contribution in [-0.2, 0) is 11.2 Å². The Morgan fingerprint density at radius 2 is 1.96 bits per heavy atom. The van der Waals surface area contributed by atoms with Crippen LogP contribution in [-0.4, -0.2) is 30.8 Å². The SMILES string of the molecule is O=C(Cc1cc(Cl)c2c(c1)OCCCO2)NCC(O)c1ccc(F)c(F)c1. The molecule has 0 saturated carbocycles. The van der Waals surface area contributed by atoms with Crippen LogP contribution in [0.15, 0.2) is 30.3 Å². The molecule has 27 heavy (non-hydrogen) atoms. The van der Waals surface area contributed by atoms with Gasteiger partial charge in [-0.1, -0.05) is 17.7 Å². The van der Waals surface area contributed by atoms with Crippen LogP contribution in [0.5, 0.6) is 11.5 Å². The molecule has 8 heteroatoms. The molecule has 1 atom stereocenters. The van der Waals surface area contributed by atoms with E-state index in [0.717, 1.165) is 18.6 Å². The maximum Gasteiger partial charge on any atom is 0.224 e. The highest BCUT2D eigenvalue weighted by molar-refractivity contribution is 6.32. The summed E-state index contributed by atoms with van der Waals surface area (Å²) in [7, 11) is 0. The van der Waals surface area contributed by atoms with Crippen LogP contribution in [0.3, 0.4) is 0 Å². The van der Waals surface area contributed by atoms with Crippen molar-refractivity contribution >= 4 is 17.5 Å². The van der Waals surface area contributed by atoms with E-state index >= 15 is 0 Å². The summed E-state index contributed by atoms with van der Waals surface area (Å²) >= 11 is 6.20. The van der Waals surface area contributed by atoms with Gasteiger partial charge in [-0.05, 0) is 35.4 Å². The van der Waals surface area contributed by atoms with E-state index in [9.17, 15) is 18.7 Å². The van der Waals surface area contributed by atoms with Gasteiger partial charge >= 0.3 is 0 Å². The highest BCUT2D eigenvalue weighted by Gasteiger charge is 2.17. The first-order chi connectivity index (χ1) is 12.9. The molecule has 1 amide bonds. The fraction of sp³-hybridized carbons (Fsp3) is 0.316. The van der Waals surface area contributed by atoms with Crippen molar-refractivity contribution in [1.82, 2.24) is 5.32 Å². The monoisotopic (exact) mass is 397 g/mol. The molecule has 2 aromatic carbocycles. The van der Waals surface area contributed by atoms with Crippen LogP contribution in [0.2, 0.25) is 5.02 Å². The van der Waals surface area contributed by atoms with Gasteiger partial charge in [0.15, 0.2) is 23.1 Å². The lowest BCUT2D eigenvalue weighted by Gasteiger charge is -2.14. The molecular formula is C19H18ClF2NO4. The number of nitrogens with one attached hydrogen (secondary N) is 1. The molecule has 2 N–H and O–H groups in total. The highest BCUT2D eigenvalue weighted by atomic mass is 35.5. The molecule has 144 valence electrons. The second-order valence-corrected chi connectivity index (χ2v) is 6.53. The Bertz CT molecular complexity index is 847. The average molecular weight is 398 g/mol. The van der Waals surface area contributed by atoms with Gasteiger partial charge in [-0.25, -0.2) is 8.78 Å². The van der Waals surface area contributed by atoms with Crippen molar-refractivity contribution in [3.05, 3.63) is 58.1 Å². The molecule has 1 unspecified atom stereocenters. The predicted molar refractivity (Wildman–Crippen MR) is 95.1 cm³/mol. The molecule has 1 aliphatic rings. The molecule has 1 heterocycles. The third-order valence-electron chi connectivity index (χ3n) is 4.05. The zero-order valence-corrected chi connectivity index (χ0v) is 15.1. The van der Waals surface area contributed by atoms with Gasteiger partial charge in [0.2, 0.25) is 5.91 Å². The van der Waals surface area contributed by atoms with Crippen LogP contribution in [0.4, 0.5) is 8.78 Å². The zero-order chi connectivity index (χ0) is 19.4. The largest absolute Gasteiger partial charge is 0.489 e. The first-order valence-corrected chi connectivity index (χ1v) is 8.79. The summed E-state index contributed by atoms with van der Waals surface area (Å²) in [6.07, 6.45) is -0.403. The van der Waals surface area contributed by atoms with Gasteiger partial charge in [0.1, 0.15) is 0 Å². The molecule has 0 bridgehead atoms. The van der Waals surface area contributed by atoms with Crippen LogP contribution >= 0.6 is 11.6 Å². The van der Waals surface area contributed by atoms with Crippen molar-refractivity contribution in [3.8, 4) is 11.5 Å². The van der Waals surface area contributed by atoms with Crippen molar-refractivity contribution < 1.29 is 28.2 Å². The lowest BCUT2D eigenvalue weighted by molar-refractivity contribution is -0.120. The topological polar surface area (TPSA) is 67.8 Å². The minimum Gasteiger partial charge on any atom is -0.489 e. The minimum absolute atomic E-state index is 0.0147. The Kier molecular flexibility index (Phi) is 6.13. The Morgan fingerprint density at radius 3 is 2.74 bits per heavy atom. The van der Waals surface area contributed by atoms with Gasteiger partial charge in [0, 0.05) is 13.0 Å². The molecule has 2 aromatic rings. The molecule has 1 aliphatic heterocycles. The minimum atomic E-state index is -1.16. The molecule has 0 saturated heterocycles. The lowest BCUT2D eigenvalue weighted by Crippen LogP contribution is -2.29. The van der Waals surface area contributed by atoms with Gasteiger partial charge in [-0.3, -0.25) is 4.79 Å². The van der Waals surface area contributed by atoms with E-state index in [0.29, 0.717) is 35.3 Å². The van der Waals surface area contributed by atoms with Crippen molar-refractivity contribution in [2.45, 2.75) is 18.9 Å². The van der Waals surface area contributed by atoms with E-state index in [1.165, 1.54) is 6.07 Å². The van der Waals surface area contributed by atoms with Crippen molar-refractivity contribution in [3.63, 3.8) is 0 Å². The van der Waals surface area contributed by atoms with Gasteiger partial charge in [-0.15, -0.1) is 0 Å². The number of amides is 1. The predicted octanol–water partition coefficient (Wildman–Crippen LogP) is 3.17. The number of aliphatic hydroxyl groups excluding tert-OH is 1. The number of ether oxygens (including phenoxy) is 2. The molecule has 0 fully saturated rings. The molecule has 0 radical (unpaired) electrons. The number of carbonyl (C=O) groups excluding carboxylic acids is 1. The van der Waals surface area contributed by atoms with Gasteiger partial charge in [0.25, 0.3) is 0 Å². The molecule has 0 spiro atoms. The fourth-order valence-corrected chi connectivity index (χ4v) is 2.97. The van der Waals surface area contributed by atoms with E-state index in [1.54, 1.807) is 12.1 Å². The van der Waals surface area contributed by atoms with Crippen molar-refractivity contribution in [2.24, 2.45) is 0 Å².